The molecule has 0 unspecified atom stereocenters. The number of rotatable bonds is 2. The standard InChI is InChI=1S/C19H10BrNO3S/c20-16-8-7-15(25-16)19(24)21-10-5-6-13-14(9-10)18(23)12-4-2-1-3-11(12)17(13)22/h1-9H,(H,21,24). The maximum absolute atomic E-state index is 12.7. The molecule has 1 aliphatic carbocycles. The minimum atomic E-state index is -0.259. The first-order chi connectivity index (χ1) is 12.0. The van der Waals surface area contributed by atoms with Crippen molar-refractivity contribution in [3.8, 4) is 0 Å². The molecule has 1 aliphatic rings. The van der Waals surface area contributed by atoms with E-state index in [9.17, 15) is 14.4 Å². The number of hydrogen-bond acceptors (Lipinski definition) is 4. The van der Waals surface area contributed by atoms with Crippen LogP contribution in [0.1, 0.15) is 41.5 Å². The lowest BCUT2D eigenvalue weighted by Gasteiger charge is -2.18. The Morgan fingerprint density at radius 3 is 2.12 bits per heavy atom. The largest absolute Gasteiger partial charge is 0.321 e. The van der Waals surface area contributed by atoms with Crippen LogP contribution in [0.15, 0.2) is 58.4 Å². The van der Waals surface area contributed by atoms with E-state index in [1.807, 2.05) is 0 Å². The Bertz CT molecular complexity index is 1050. The van der Waals surface area contributed by atoms with Crippen LogP contribution in [0.4, 0.5) is 5.69 Å². The molecule has 4 rings (SSSR count). The van der Waals surface area contributed by atoms with Crippen LogP contribution in [0.25, 0.3) is 0 Å². The zero-order valence-electron chi connectivity index (χ0n) is 12.7. The van der Waals surface area contributed by atoms with Crippen molar-refractivity contribution < 1.29 is 14.4 Å². The number of anilines is 1. The normalized spacial score (nSPS) is 12.5. The molecule has 0 atom stereocenters. The van der Waals surface area contributed by atoms with Crippen molar-refractivity contribution >= 4 is 50.4 Å². The molecule has 0 fully saturated rings. The number of carbonyl (C=O) groups excluding carboxylic acids is 3. The topological polar surface area (TPSA) is 63.2 Å². The summed E-state index contributed by atoms with van der Waals surface area (Å²) in [6.45, 7) is 0. The SMILES string of the molecule is O=C(Nc1ccc2c(c1)C(=O)c1ccccc1C2=O)c1ccc(Br)s1. The maximum atomic E-state index is 12.7. The van der Waals surface area contributed by atoms with E-state index >= 15 is 0 Å². The molecule has 122 valence electrons. The smallest absolute Gasteiger partial charge is 0.265 e. The van der Waals surface area contributed by atoms with Crippen LogP contribution in [-0.2, 0) is 0 Å². The fraction of sp³-hybridized carbons (Fsp3) is 0. The Labute approximate surface area is 155 Å². The molecule has 3 aromatic rings. The lowest BCUT2D eigenvalue weighted by Crippen LogP contribution is -2.21. The summed E-state index contributed by atoms with van der Waals surface area (Å²) in [5.41, 5.74) is 1.97. The van der Waals surface area contributed by atoms with Gasteiger partial charge in [0.25, 0.3) is 5.91 Å². The van der Waals surface area contributed by atoms with Crippen LogP contribution in [0.5, 0.6) is 0 Å². The van der Waals surface area contributed by atoms with Gasteiger partial charge in [0.1, 0.15) is 0 Å². The lowest BCUT2D eigenvalue weighted by atomic mass is 9.84. The Balaban J connectivity index is 1.69. The highest BCUT2D eigenvalue weighted by molar-refractivity contribution is 9.11. The van der Waals surface area contributed by atoms with Crippen molar-refractivity contribution in [2.75, 3.05) is 5.32 Å². The van der Waals surface area contributed by atoms with E-state index in [2.05, 4.69) is 21.2 Å². The Morgan fingerprint density at radius 2 is 1.48 bits per heavy atom. The number of thiophene rings is 1. The van der Waals surface area contributed by atoms with Crippen LogP contribution in [0.2, 0.25) is 0 Å². The summed E-state index contributed by atoms with van der Waals surface area (Å²) in [7, 11) is 0. The van der Waals surface area contributed by atoms with Crippen LogP contribution in [0, 0.1) is 0 Å². The van der Waals surface area contributed by atoms with Crippen molar-refractivity contribution in [1.29, 1.82) is 0 Å². The van der Waals surface area contributed by atoms with Crippen LogP contribution < -0.4 is 5.32 Å². The second-order valence-corrected chi connectivity index (χ2v) is 7.99. The highest BCUT2D eigenvalue weighted by Crippen LogP contribution is 2.29. The number of fused-ring (bicyclic) bond motifs is 2. The molecule has 0 radical (unpaired) electrons. The number of nitrogens with one attached hydrogen (secondary N) is 1. The monoisotopic (exact) mass is 411 g/mol. The van der Waals surface area contributed by atoms with E-state index in [0.717, 1.165) is 3.79 Å². The summed E-state index contributed by atoms with van der Waals surface area (Å²) >= 11 is 4.64. The van der Waals surface area contributed by atoms with Crippen molar-refractivity contribution in [3.63, 3.8) is 0 Å². The molecule has 0 bridgehead atoms. The minimum Gasteiger partial charge on any atom is -0.321 e. The zero-order chi connectivity index (χ0) is 17.6. The van der Waals surface area contributed by atoms with E-state index in [4.69, 9.17) is 0 Å². The number of hydrogen-bond donors (Lipinski definition) is 1. The van der Waals surface area contributed by atoms with Crippen LogP contribution in [-0.4, -0.2) is 17.5 Å². The van der Waals surface area contributed by atoms with Gasteiger partial charge < -0.3 is 5.32 Å². The third-order valence-corrected chi connectivity index (χ3v) is 5.60. The average molecular weight is 412 g/mol. The first-order valence-electron chi connectivity index (χ1n) is 7.44. The molecule has 2 aromatic carbocycles. The summed E-state index contributed by atoms with van der Waals surface area (Å²) in [6.07, 6.45) is 0. The fourth-order valence-corrected chi connectivity index (χ4v) is 4.09. The molecule has 25 heavy (non-hydrogen) atoms. The predicted octanol–water partition coefficient (Wildman–Crippen LogP) is 4.54. The molecule has 0 saturated carbocycles. The van der Waals surface area contributed by atoms with Gasteiger partial charge in [-0.05, 0) is 46.3 Å². The summed E-state index contributed by atoms with van der Waals surface area (Å²) < 4.78 is 0.862. The molecular weight excluding hydrogens is 402 g/mol. The second kappa shape index (κ2) is 6.06. The van der Waals surface area contributed by atoms with Gasteiger partial charge in [0.2, 0.25) is 0 Å². The average Bonchev–Trinajstić information content (AvgIpc) is 3.06. The molecule has 6 heteroatoms. The summed E-state index contributed by atoms with van der Waals surface area (Å²) in [5, 5.41) is 2.77. The first-order valence-corrected chi connectivity index (χ1v) is 9.05. The first kappa shape index (κ1) is 15.9. The van der Waals surface area contributed by atoms with Gasteiger partial charge in [-0.1, -0.05) is 24.3 Å². The fourth-order valence-electron chi connectivity index (χ4n) is 2.81. The van der Waals surface area contributed by atoms with Gasteiger partial charge in [-0.3, -0.25) is 14.4 Å². The number of carbonyl (C=O) groups is 3. The highest BCUT2D eigenvalue weighted by atomic mass is 79.9. The van der Waals surface area contributed by atoms with E-state index in [1.165, 1.54) is 11.3 Å². The van der Waals surface area contributed by atoms with Gasteiger partial charge in [0.05, 0.1) is 8.66 Å². The second-order valence-electron chi connectivity index (χ2n) is 5.52. The summed E-state index contributed by atoms with van der Waals surface area (Å²) in [4.78, 5) is 38.1. The highest BCUT2D eigenvalue weighted by Gasteiger charge is 2.29. The third-order valence-electron chi connectivity index (χ3n) is 3.98. The molecule has 4 nitrogen and oxygen atoms in total. The van der Waals surface area contributed by atoms with Gasteiger partial charge in [-0.15, -0.1) is 11.3 Å². The molecule has 1 N–H and O–H groups in total. The van der Waals surface area contributed by atoms with E-state index < -0.39 is 0 Å². The van der Waals surface area contributed by atoms with E-state index in [-0.39, 0.29) is 17.5 Å². The quantitative estimate of drug-likeness (QED) is 0.526. The molecule has 0 aliphatic heterocycles. The van der Waals surface area contributed by atoms with E-state index in [0.29, 0.717) is 32.8 Å². The predicted molar refractivity (Wildman–Crippen MR) is 99.7 cm³/mol. The van der Waals surface area contributed by atoms with Crippen LogP contribution in [0.3, 0.4) is 0 Å². The Hall–Kier alpha value is -2.57. The number of halogens is 1. The summed E-state index contributed by atoms with van der Waals surface area (Å²) in [5.74, 6) is -0.643. The Kier molecular flexibility index (Phi) is 3.86. The van der Waals surface area contributed by atoms with Gasteiger partial charge in [0, 0.05) is 27.9 Å². The molecule has 0 spiro atoms. The number of ketones is 2. The molecule has 1 aromatic heterocycles. The Morgan fingerprint density at radius 1 is 0.840 bits per heavy atom. The molecule has 1 heterocycles. The molecule has 0 saturated heterocycles. The van der Waals surface area contributed by atoms with Crippen molar-refractivity contribution in [2.45, 2.75) is 0 Å². The minimum absolute atomic E-state index is 0.176. The number of amides is 1. The lowest BCUT2D eigenvalue weighted by molar-refractivity contribution is 0.0979. The maximum Gasteiger partial charge on any atom is 0.265 e. The van der Waals surface area contributed by atoms with Gasteiger partial charge in [-0.2, -0.15) is 0 Å². The molecule has 1 amide bonds. The summed E-state index contributed by atoms with van der Waals surface area (Å²) in [6, 6.07) is 15.1. The molecular formula is C19H10BrNO3S. The van der Waals surface area contributed by atoms with Crippen molar-refractivity contribution in [2.24, 2.45) is 0 Å². The number of benzene rings is 2. The van der Waals surface area contributed by atoms with Gasteiger partial charge in [-0.25, -0.2) is 0 Å². The van der Waals surface area contributed by atoms with Crippen molar-refractivity contribution in [1.82, 2.24) is 0 Å². The van der Waals surface area contributed by atoms with Crippen molar-refractivity contribution in [3.05, 3.63) is 85.5 Å². The van der Waals surface area contributed by atoms with Crippen LogP contribution >= 0.6 is 27.3 Å². The zero-order valence-corrected chi connectivity index (χ0v) is 15.1. The van der Waals surface area contributed by atoms with Gasteiger partial charge in [0.15, 0.2) is 11.6 Å². The van der Waals surface area contributed by atoms with Gasteiger partial charge >= 0.3 is 0 Å². The third kappa shape index (κ3) is 2.73. The van der Waals surface area contributed by atoms with E-state index in [1.54, 1.807) is 54.6 Å².